The van der Waals surface area contributed by atoms with Crippen LogP contribution in [0.3, 0.4) is 0 Å². The Bertz CT molecular complexity index is 2860. The first-order valence-corrected chi connectivity index (χ1v) is 18.9. The lowest BCUT2D eigenvalue weighted by molar-refractivity contribution is -0.0319. The summed E-state index contributed by atoms with van der Waals surface area (Å²) >= 11 is 0. The summed E-state index contributed by atoms with van der Waals surface area (Å²) in [4.78, 5) is 86.5. The van der Waals surface area contributed by atoms with Crippen LogP contribution in [0.4, 0.5) is 0 Å². The molecule has 5 aromatic carbocycles. The van der Waals surface area contributed by atoms with E-state index in [1.807, 2.05) is 0 Å². The summed E-state index contributed by atoms with van der Waals surface area (Å²) in [6.45, 7) is 1.79. The normalized spacial score (nSPS) is 19.9. The quantitative estimate of drug-likeness (QED) is 0.160. The van der Waals surface area contributed by atoms with Gasteiger partial charge in [0.05, 0.1) is 16.5 Å². The zero-order valence-electron chi connectivity index (χ0n) is 31.9. The fraction of sp³-hybridized carbons (Fsp3) is 0.146. The van der Waals surface area contributed by atoms with Gasteiger partial charge in [-0.15, -0.1) is 0 Å². The monoisotopic (exact) mass is 800 g/mol. The number of aliphatic hydroxyl groups excluding tert-OH is 1. The number of phenolic OH excluding ortho intramolecular Hbond substituents is 2. The maximum Gasteiger partial charge on any atom is 0.229 e. The van der Waals surface area contributed by atoms with E-state index in [0.717, 1.165) is 0 Å². The molecule has 1 aromatic heterocycles. The van der Waals surface area contributed by atoms with Gasteiger partial charge in [-0.05, 0) is 36.6 Å². The minimum atomic E-state index is -1.18. The van der Waals surface area contributed by atoms with Gasteiger partial charge in [0, 0.05) is 69.2 Å². The number of aromatic hydroxyl groups is 2. The molecule has 0 saturated carbocycles. The Balaban J connectivity index is 0.000000120. The van der Waals surface area contributed by atoms with Gasteiger partial charge in [-0.3, -0.25) is 33.6 Å². The molecule has 12 heteroatoms. The molecule has 5 aliphatic carbocycles. The molecule has 12 nitrogen and oxygen atoms in total. The third-order valence-corrected chi connectivity index (χ3v) is 12.1. The minimum Gasteiger partial charge on any atom is -0.504 e. The fourth-order valence-corrected chi connectivity index (χ4v) is 9.05. The molecule has 0 amide bonds. The average Bonchev–Trinajstić information content (AvgIpc) is 3.90. The Labute approximate surface area is 340 Å². The number of ether oxygens (including phenoxy) is 1. The maximum absolute atomic E-state index is 13.2. The summed E-state index contributed by atoms with van der Waals surface area (Å²) < 4.78 is 10.8. The zero-order valence-corrected chi connectivity index (χ0v) is 31.9. The van der Waals surface area contributed by atoms with Gasteiger partial charge in [-0.1, -0.05) is 84.9 Å². The highest BCUT2D eigenvalue weighted by molar-refractivity contribution is 6.30. The van der Waals surface area contributed by atoms with E-state index >= 15 is 0 Å². The molecule has 0 aliphatic heterocycles. The molecule has 1 heterocycles. The highest BCUT2D eigenvalue weighted by atomic mass is 16.5. The molecule has 3 N–H and O–H groups in total. The third-order valence-electron chi connectivity index (χ3n) is 12.1. The first-order chi connectivity index (χ1) is 28.8. The van der Waals surface area contributed by atoms with Gasteiger partial charge in [0.2, 0.25) is 5.78 Å². The van der Waals surface area contributed by atoms with Crippen LogP contribution in [-0.4, -0.2) is 75.1 Å². The van der Waals surface area contributed by atoms with Crippen molar-refractivity contribution in [1.82, 2.24) is 0 Å². The van der Waals surface area contributed by atoms with Gasteiger partial charge >= 0.3 is 0 Å². The Morgan fingerprint density at radius 1 is 0.583 bits per heavy atom. The second-order valence-corrected chi connectivity index (χ2v) is 15.1. The number of aliphatic hydroxyl groups is 1. The van der Waals surface area contributed by atoms with Crippen LogP contribution in [-0.2, 0) is 16.6 Å². The fourth-order valence-electron chi connectivity index (χ4n) is 9.05. The predicted molar refractivity (Wildman–Crippen MR) is 212 cm³/mol. The Hall–Kier alpha value is -7.41. The Morgan fingerprint density at radius 3 is 1.62 bits per heavy atom. The number of fused-ring (bicyclic) bond motifs is 8. The van der Waals surface area contributed by atoms with Gasteiger partial charge in [0.1, 0.15) is 18.5 Å². The van der Waals surface area contributed by atoms with E-state index in [0.29, 0.717) is 68.5 Å². The number of furan rings is 1. The molecule has 0 bridgehead atoms. The highest BCUT2D eigenvalue weighted by Crippen LogP contribution is 2.52. The van der Waals surface area contributed by atoms with E-state index in [1.54, 1.807) is 85.8 Å². The standard InChI is InChI=1S/C20H16O6.C14H8O4.C14H8O2/c1-20-11-5-3-8-9(4-6-12(8)21)13(11)16(23)17-14(20)10(7-26-17)15(22)18(25-2)19(20)24;15-10-6-5-9-11(14(10)18)13(17)8-4-2-1-3-7(8)12(9)16;15-13-9-5-1-2-6-10(9)14(16)12-8-4-3-7-11(12)13/h3,5,7,18-19,24H,4,6H2,1-2H3;1-6,15,18H;1-8H/t18-,19-,20-;;/m1../s1. The van der Waals surface area contributed by atoms with Crippen molar-refractivity contribution in [3.05, 3.63) is 187 Å². The van der Waals surface area contributed by atoms with Crippen molar-refractivity contribution in [2.45, 2.75) is 37.4 Å². The number of hydrogen-bond acceptors (Lipinski definition) is 12. The molecule has 5 aliphatic rings. The van der Waals surface area contributed by atoms with E-state index in [9.17, 15) is 48.9 Å². The van der Waals surface area contributed by atoms with Crippen molar-refractivity contribution in [3.63, 3.8) is 0 Å². The van der Waals surface area contributed by atoms with E-state index in [-0.39, 0.29) is 56.9 Å². The molecule has 0 fully saturated rings. The number of Topliss-reactive ketones (excluding diaryl/α,β-unsaturated/α-hetero) is 2. The van der Waals surface area contributed by atoms with Gasteiger partial charge in [0.25, 0.3) is 0 Å². The number of ketones is 7. The van der Waals surface area contributed by atoms with Crippen LogP contribution in [0.15, 0.2) is 108 Å². The van der Waals surface area contributed by atoms with E-state index in [2.05, 4.69) is 0 Å². The summed E-state index contributed by atoms with van der Waals surface area (Å²) in [5.74, 6) is -2.49. The molecule has 60 heavy (non-hydrogen) atoms. The van der Waals surface area contributed by atoms with Crippen LogP contribution >= 0.6 is 0 Å². The largest absolute Gasteiger partial charge is 0.504 e. The average molecular weight is 801 g/mol. The summed E-state index contributed by atoms with van der Waals surface area (Å²) in [5.41, 5.74) is 4.55. The molecule has 6 aromatic rings. The van der Waals surface area contributed by atoms with Gasteiger partial charge in [-0.25, -0.2) is 0 Å². The second kappa shape index (κ2) is 13.9. The van der Waals surface area contributed by atoms with Crippen LogP contribution in [0, 0.1) is 0 Å². The summed E-state index contributed by atoms with van der Waals surface area (Å²) in [6.07, 6.45) is -0.0867. The topological polar surface area (TPSA) is 203 Å². The molecular weight excluding hydrogens is 769 g/mol. The van der Waals surface area contributed by atoms with Crippen LogP contribution in [0.25, 0.3) is 0 Å². The molecule has 0 unspecified atom stereocenters. The van der Waals surface area contributed by atoms with Crippen molar-refractivity contribution in [1.29, 1.82) is 0 Å². The summed E-state index contributed by atoms with van der Waals surface area (Å²) in [6, 6.07) is 26.3. The van der Waals surface area contributed by atoms with E-state index in [1.165, 1.54) is 31.6 Å². The van der Waals surface area contributed by atoms with Crippen molar-refractivity contribution in [3.8, 4) is 11.5 Å². The maximum atomic E-state index is 13.2. The molecule has 0 radical (unpaired) electrons. The molecule has 296 valence electrons. The number of carbonyl (C=O) groups excluding carboxylic acids is 7. The second-order valence-electron chi connectivity index (χ2n) is 15.1. The third kappa shape index (κ3) is 5.27. The molecule has 11 rings (SSSR count). The number of carbonyl (C=O) groups is 7. The van der Waals surface area contributed by atoms with Crippen molar-refractivity contribution < 1.29 is 58.0 Å². The molecule has 3 atom stereocenters. The highest BCUT2D eigenvalue weighted by Gasteiger charge is 2.57. The Morgan fingerprint density at radius 2 is 1.08 bits per heavy atom. The van der Waals surface area contributed by atoms with Crippen LogP contribution in [0.5, 0.6) is 11.5 Å². The van der Waals surface area contributed by atoms with Crippen molar-refractivity contribution in [2.75, 3.05) is 7.11 Å². The van der Waals surface area contributed by atoms with Crippen LogP contribution in [0.1, 0.15) is 131 Å². The first kappa shape index (κ1) is 38.1. The predicted octanol–water partition coefficient (Wildman–Crippen LogP) is 6.17. The minimum absolute atomic E-state index is 0.0147. The lowest BCUT2D eigenvalue weighted by atomic mass is 9.59. The van der Waals surface area contributed by atoms with Crippen LogP contribution < -0.4 is 0 Å². The molecule has 0 spiro atoms. The van der Waals surface area contributed by atoms with E-state index < -0.39 is 40.7 Å². The van der Waals surface area contributed by atoms with Gasteiger partial charge in [-0.2, -0.15) is 0 Å². The van der Waals surface area contributed by atoms with Gasteiger partial charge < -0.3 is 24.5 Å². The first-order valence-electron chi connectivity index (χ1n) is 18.9. The lowest BCUT2D eigenvalue weighted by Gasteiger charge is -2.44. The molecule has 0 saturated heterocycles. The van der Waals surface area contributed by atoms with Crippen molar-refractivity contribution >= 4 is 40.5 Å². The smallest absolute Gasteiger partial charge is 0.229 e. The summed E-state index contributed by atoms with van der Waals surface area (Å²) in [7, 11) is 1.37. The lowest BCUT2D eigenvalue weighted by Crippen LogP contribution is -2.56. The molecular formula is C48H32O12. The number of phenols is 2. The van der Waals surface area contributed by atoms with Crippen LogP contribution in [0.2, 0.25) is 0 Å². The summed E-state index contributed by atoms with van der Waals surface area (Å²) in [5, 5.41) is 30.2. The number of hydrogen-bond donors (Lipinski definition) is 3. The number of rotatable bonds is 1. The van der Waals surface area contributed by atoms with Crippen molar-refractivity contribution in [2.24, 2.45) is 0 Å². The van der Waals surface area contributed by atoms with E-state index in [4.69, 9.17) is 9.15 Å². The SMILES string of the molecule is CO[C@@H]1C(=O)c2coc3c2[C@@](C)(c2ccc4c(c2C3=O)CCC4=O)[C@@H]1O.O=C1c2ccccc2C(=O)c2c1ccc(O)c2O.O=C1c2ccccc2C(=O)c2ccccc21. The number of methoxy groups -OCH3 is 1. The number of benzene rings is 5. The zero-order chi connectivity index (χ0) is 42.4. The Kier molecular flexibility index (Phi) is 8.81. The van der Waals surface area contributed by atoms with Gasteiger partial charge in [0.15, 0.2) is 52.0 Å².